The highest BCUT2D eigenvalue weighted by Gasteiger charge is 2.32. The molecule has 1 saturated heterocycles. The highest BCUT2D eigenvalue weighted by molar-refractivity contribution is 5.95. The SMILES string of the molecule is CC1CN(c2nc(C3CC3)c(-c3cccc4cc[nH]c34)cc2C#N)CCN1C=O. The average molecular weight is 385 g/mol. The van der Waals surface area contributed by atoms with Gasteiger partial charge in [0, 0.05) is 48.9 Å². The molecule has 1 amide bonds. The molecule has 0 radical (unpaired) electrons. The Labute approximate surface area is 169 Å². The van der Waals surface area contributed by atoms with Gasteiger partial charge in [0.25, 0.3) is 0 Å². The molecule has 5 rings (SSSR count). The molecule has 0 bridgehead atoms. The topological polar surface area (TPSA) is 76.0 Å². The molecular formula is C23H23N5O. The number of carbonyl (C=O) groups excluding carboxylic acids is 1. The van der Waals surface area contributed by atoms with Gasteiger partial charge in [-0.3, -0.25) is 4.79 Å². The summed E-state index contributed by atoms with van der Waals surface area (Å²) < 4.78 is 0. The van der Waals surface area contributed by atoms with Crippen LogP contribution in [0.15, 0.2) is 36.5 Å². The van der Waals surface area contributed by atoms with Crippen LogP contribution in [0.2, 0.25) is 0 Å². The Kier molecular flexibility index (Phi) is 4.24. The van der Waals surface area contributed by atoms with Gasteiger partial charge in [0.2, 0.25) is 6.41 Å². The van der Waals surface area contributed by atoms with Crippen LogP contribution in [0.25, 0.3) is 22.0 Å². The van der Waals surface area contributed by atoms with Gasteiger partial charge in [-0.25, -0.2) is 4.98 Å². The van der Waals surface area contributed by atoms with Gasteiger partial charge in [-0.15, -0.1) is 0 Å². The van der Waals surface area contributed by atoms with Crippen molar-refractivity contribution in [2.75, 3.05) is 24.5 Å². The molecule has 1 aromatic carbocycles. The Balaban J connectivity index is 1.63. The standard InChI is InChI=1S/C23H23N5O/c1-15-13-27(9-10-28(15)14-29)23-18(12-24)11-20(22(26-23)17-5-6-17)19-4-2-3-16-7-8-25-21(16)19/h2-4,7-8,11,14-15,17,25H,5-6,9-10,13H2,1H3. The first kappa shape index (κ1) is 17.7. The van der Waals surface area contributed by atoms with E-state index < -0.39 is 0 Å². The summed E-state index contributed by atoms with van der Waals surface area (Å²) in [6, 6.07) is 12.8. The van der Waals surface area contributed by atoms with E-state index in [1.54, 1.807) is 0 Å². The third-order valence-corrected chi connectivity index (χ3v) is 6.11. The molecule has 2 aromatic heterocycles. The van der Waals surface area contributed by atoms with Gasteiger partial charge in [0.15, 0.2) is 0 Å². The summed E-state index contributed by atoms with van der Waals surface area (Å²) in [6.45, 7) is 4.07. The summed E-state index contributed by atoms with van der Waals surface area (Å²) >= 11 is 0. The van der Waals surface area contributed by atoms with Gasteiger partial charge >= 0.3 is 0 Å². The lowest BCUT2D eigenvalue weighted by molar-refractivity contribution is -0.120. The highest BCUT2D eigenvalue weighted by Crippen LogP contribution is 2.46. The van der Waals surface area contributed by atoms with E-state index in [-0.39, 0.29) is 6.04 Å². The first-order chi connectivity index (χ1) is 14.2. The number of rotatable bonds is 4. The van der Waals surface area contributed by atoms with E-state index in [4.69, 9.17) is 4.98 Å². The fraction of sp³-hybridized carbons (Fsp3) is 0.348. The number of carbonyl (C=O) groups is 1. The second-order valence-electron chi connectivity index (χ2n) is 8.06. The number of nitriles is 1. The number of piperazine rings is 1. The van der Waals surface area contributed by atoms with Crippen molar-refractivity contribution in [3.8, 4) is 17.2 Å². The van der Waals surface area contributed by atoms with Crippen molar-refractivity contribution >= 4 is 23.1 Å². The van der Waals surface area contributed by atoms with Crippen molar-refractivity contribution in [3.05, 3.63) is 47.8 Å². The molecule has 6 nitrogen and oxygen atoms in total. The molecule has 0 spiro atoms. The summed E-state index contributed by atoms with van der Waals surface area (Å²) in [5.74, 6) is 1.21. The van der Waals surface area contributed by atoms with E-state index in [9.17, 15) is 10.1 Å². The second-order valence-corrected chi connectivity index (χ2v) is 8.06. The minimum absolute atomic E-state index is 0.103. The van der Waals surface area contributed by atoms with Gasteiger partial charge in [-0.2, -0.15) is 5.26 Å². The van der Waals surface area contributed by atoms with E-state index in [1.807, 2.05) is 24.1 Å². The second kappa shape index (κ2) is 6.93. The molecule has 1 atom stereocenters. The average Bonchev–Trinajstić information content (AvgIpc) is 3.48. The predicted molar refractivity (Wildman–Crippen MR) is 113 cm³/mol. The number of benzene rings is 1. The van der Waals surface area contributed by atoms with Crippen molar-refractivity contribution < 1.29 is 4.79 Å². The van der Waals surface area contributed by atoms with E-state index in [2.05, 4.69) is 40.2 Å². The number of aromatic nitrogens is 2. The van der Waals surface area contributed by atoms with Crippen molar-refractivity contribution in [1.29, 1.82) is 5.26 Å². The van der Waals surface area contributed by atoms with Crippen LogP contribution in [0, 0.1) is 11.3 Å². The largest absolute Gasteiger partial charge is 0.361 e. The number of anilines is 1. The molecule has 2 fully saturated rings. The number of amides is 1. The van der Waals surface area contributed by atoms with Crippen molar-refractivity contribution in [1.82, 2.24) is 14.9 Å². The lowest BCUT2D eigenvalue weighted by atomic mass is 9.97. The minimum atomic E-state index is 0.103. The molecule has 29 heavy (non-hydrogen) atoms. The van der Waals surface area contributed by atoms with Crippen molar-refractivity contribution in [2.24, 2.45) is 0 Å². The van der Waals surface area contributed by atoms with Gasteiger partial charge < -0.3 is 14.8 Å². The number of hydrogen-bond donors (Lipinski definition) is 1. The Hall–Kier alpha value is -3.33. The molecular weight excluding hydrogens is 362 g/mol. The number of nitrogens with one attached hydrogen (secondary N) is 1. The summed E-state index contributed by atoms with van der Waals surface area (Å²) in [5, 5.41) is 11.1. The van der Waals surface area contributed by atoms with E-state index in [0.29, 0.717) is 31.1 Å². The maximum absolute atomic E-state index is 11.2. The fourth-order valence-corrected chi connectivity index (χ4v) is 4.35. The molecule has 1 N–H and O–H groups in total. The zero-order valence-corrected chi connectivity index (χ0v) is 16.4. The van der Waals surface area contributed by atoms with Crippen LogP contribution < -0.4 is 4.90 Å². The molecule has 1 saturated carbocycles. The summed E-state index contributed by atoms with van der Waals surface area (Å²) in [7, 11) is 0. The zero-order chi connectivity index (χ0) is 20.0. The molecule has 3 aromatic rings. The Morgan fingerprint density at radius 2 is 2.10 bits per heavy atom. The van der Waals surface area contributed by atoms with Crippen LogP contribution in [0.3, 0.4) is 0 Å². The maximum atomic E-state index is 11.2. The van der Waals surface area contributed by atoms with Crippen molar-refractivity contribution in [2.45, 2.75) is 31.7 Å². The maximum Gasteiger partial charge on any atom is 0.210 e. The number of H-pyrrole nitrogens is 1. The van der Waals surface area contributed by atoms with Crippen LogP contribution in [0.1, 0.15) is 36.9 Å². The lowest BCUT2D eigenvalue weighted by Gasteiger charge is -2.38. The van der Waals surface area contributed by atoms with Gasteiger partial charge in [-0.05, 0) is 37.3 Å². The number of pyridine rings is 1. The van der Waals surface area contributed by atoms with Crippen LogP contribution >= 0.6 is 0 Å². The zero-order valence-electron chi connectivity index (χ0n) is 16.4. The summed E-state index contributed by atoms with van der Waals surface area (Å²) in [6.07, 6.45) is 5.14. The minimum Gasteiger partial charge on any atom is -0.361 e. The molecule has 1 aliphatic heterocycles. The summed E-state index contributed by atoms with van der Waals surface area (Å²) in [5.41, 5.74) is 4.93. The van der Waals surface area contributed by atoms with E-state index in [1.165, 1.54) is 0 Å². The monoisotopic (exact) mass is 385 g/mol. The van der Waals surface area contributed by atoms with E-state index >= 15 is 0 Å². The third kappa shape index (κ3) is 3.03. The van der Waals surface area contributed by atoms with Crippen molar-refractivity contribution in [3.63, 3.8) is 0 Å². The molecule has 2 aliphatic rings. The highest BCUT2D eigenvalue weighted by atomic mass is 16.1. The Bertz CT molecular complexity index is 1120. The van der Waals surface area contributed by atoms with E-state index in [0.717, 1.165) is 52.8 Å². The van der Waals surface area contributed by atoms with Crippen LogP contribution in [0.5, 0.6) is 0 Å². The summed E-state index contributed by atoms with van der Waals surface area (Å²) in [4.78, 5) is 23.6. The third-order valence-electron chi connectivity index (χ3n) is 6.11. The first-order valence-electron chi connectivity index (χ1n) is 10.2. The predicted octanol–water partition coefficient (Wildman–Crippen LogP) is 3.65. The fourth-order valence-electron chi connectivity index (χ4n) is 4.35. The Morgan fingerprint density at radius 3 is 2.83 bits per heavy atom. The van der Waals surface area contributed by atoms with Crippen LogP contribution in [-0.4, -0.2) is 47.0 Å². The van der Waals surface area contributed by atoms with Gasteiger partial charge in [0.1, 0.15) is 11.9 Å². The van der Waals surface area contributed by atoms with Crippen LogP contribution in [-0.2, 0) is 4.79 Å². The number of hydrogen-bond acceptors (Lipinski definition) is 4. The molecule has 6 heteroatoms. The number of fused-ring (bicyclic) bond motifs is 1. The number of aromatic amines is 1. The molecule has 1 aliphatic carbocycles. The first-order valence-corrected chi connectivity index (χ1v) is 10.2. The Morgan fingerprint density at radius 1 is 1.24 bits per heavy atom. The smallest absolute Gasteiger partial charge is 0.210 e. The number of para-hydroxylation sites is 1. The quantitative estimate of drug-likeness (QED) is 0.696. The van der Waals surface area contributed by atoms with Gasteiger partial charge in [-0.1, -0.05) is 18.2 Å². The van der Waals surface area contributed by atoms with Gasteiger partial charge in [0.05, 0.1) is 16.8 Å². The number of nitrogens with zero attached hydrogens (tertiary/aromatic N) is 4. The molecule has 146 valence electrons. The van der Waals surface area contributed by atoms with Crippen LogP contribution in [0.4, 0.5) is 5.82 Å². The lowest BCUT2D eigenvalue weighted by Crippen LogP contribution is -2.51. The molecule has 1 unspecified atom stereocenters. The normalized spacial score (nSPS) is 19.4. The molecule has 3 heterocycles.